The number of benzene rings is 1. The number of alkyl halides is 3. The Labute approximate surface area is 181 Å². The van der Waals surface area contributed by atoms with Gasteiger partial charge in [-0.2, -0.15) is 22.5 Å². The van der Waals surface area contributed by atoms with Gasteiger partial charge in [0, 0.05) is 24.8 Å². The summed E-state index contributed by atoms with van der Waals surface area (Å²) >= 11 is 0. The van der Waals surface area contributed by atoms with Crippen LogP contribution in [0.15, 0.2) is 29.2 Å². The van der Waals surface area contributed by atoms with Crippen LogP contribution in [0.3, 0.4) is 0 Å². The predicted octanol–water partition coefficient (Wildman–Crippen LogP) is 4.78. The Morgan fingerprint density at radius 3 is 2.53 bits per heavy atom. The summed E-state index contributed by atoms with van der Waals surface area (Å²) < 4.78 is 107. The number of hydrogen-bond acceptors (Lipinski definition) is 5. The van der Waals surface area contributed by atoms with E-state index in [1.165, 1.54) is 11.0 Å². The molecule has 0 saturated carbocycles. The normalized spacial score (nSPS) is 17.5. The smallest absolute Gasteiger partial charge is 0.384 e. The van der Waals surface area contributed by atoms with Gasteiger partial charge in [-0.25, -0.2) is 17.2 Å². The lowest BCUT2D eigenvalue weighted by atomic mass is 10.0. The zero-order valence-electron chi connectivity index (χ0n) is 17.0. The molecule has 0 amide bonds. The first-order chi connectivity index (χ1) is 14.9. The van der Waals surface area contributed by atoms with Crippen molar-refractivity contribution < 1.29 is 34.8 Å². The third-order valence-electron chi connectivity index (χ3n) is 5.26. The largest absolute Gasteiger partial charge is 0.416 e. The third kappa shape index (κ3) is 5.11. The summed E-state index contributed by atoms with van der Waals surface area (Å²) in [5.41, 5.74) is -0.973. The molecule has 176 valence electrons. The molecule has 5 nitrogen and oxygen atoms in total. The van der Waals surface area contributed by atoms with Crippen LogP contribution in [-0.4, -0.2) is 38.3 Å². The van der Waals surface area contributed by atoms with Gasteiger partial charge in [-0.3, -0.25) is 0 Å². The minimum absolute atomic E-state index is 0.0280. The van der Waals surface area contributed by atoms with Gasteiger partial charge in [0.05, 0.1) is 11.3 Å². The molecule has 3 rings (SSSR count). The first-order valence-electron chi connectivity index (χ1n) is 9.87. The summed E-state index contributed by atoms with van der Waals surface area (Å²) in [6.07, 6.45) is -2.42. The zero-order valence-corrected chi connectivity index (χ0v) is 17.8. The van der Waals surface area contributed by atoms with Crippen LogP contribution >= 0.6 is 0 Å². The van der Waals surface area contributed by atoms with Crippen LogP contribution in [0.5, 0.6) is 0 Å². The molecule has 1 aromatic heterocycles. The second kappa shape index (κ2) is 9.16. The highest BCUT2D eigenvalue weighted by Crippen LogP contribution is 2.33. The number of nitrogens with one attached hydrogen (secondary N) is 1. The lowest BCUT2D eigenvalue weighted by Crippen LogP contribution is -2.39. The number of nitrogens with zero attached hydrogens (tertiary/aromatic N) is 2. The number of sulfone groups is 1. The first-order valence-corrected chi connectivity index (χ1v) is 11.5. The fraction of sp³-hybridized carbons (Fsp3) is 0.450. The highest BCUT2D eigenvalue weighted by atomic mass is 32.2. The third-order valence-corrected chi connectivity index (χ3v) is 6.98. The van der Waals surface area contributed by atoms with Crippen molar-refractivity contribution in [3.8, 4) is 0 Å². The molecule has 1 aliphatic heterocycles. The first kappa shape index (κ1) is 24.1. The monoisotopic (exact) mass is 481 g/mol. The summed E-state index contributed by atoms with van der Waals surface area (Å²) in [5.74, 6) is -6.58. The Morgan fingerprint density at radius 2 is 1.88 bits per heavy atom. The number of hydrogen-bond donors (Lipinski definition) is 1. The molecule has 1 N–H and O–H groups in total. The summed E-state index contributed by atoms with van der Waals surface area (Å²) in [6, 6.07) is 3.79. The molecule has 12 heteroatoms. The maximum absolute atomic E-state index is 15.1. The Bertz CT molecular complexity index is 1090. The molecular formula is C20H21F6N3O2S. The summed E-state index contributed by atoms with van der Waals surface area (Å²) in [5, 5.41) is 2.48. The Kier molecular flexibility index (Phi) is 6.91. The van der Waals surface area contributed by atoms with Crippen LogP contribution in [-0.2, 0) is 16.0 Å². The number of pyridine rings is 1. The van der Waals surface area contributed by atoms with Gasteiger partial charge in [-0.1, -0.05) is 6.07 Å². The molecular weight excluding hydrogens is 460 g/mol. The van der Waals surface area contributed by atoms with Crippen molar-refractivity contribution in [2.45, 2.75) is 43.3 Å². The molecule has 1 fully saturated rings. The van der Waals surface area contributed by atoms with E-state index >= 15 is 4.39 Å². The second-order valence-electron chi connectivity index (χ2n) is 7.55. The van der Waals surface area contributed by atoms with Gasteiger partial charge in [0.25, 0.3) is 5.95 Å². The fourth-order valence-corrected chi connectivity index (χ4v) is 4.89. The van der Waals surface area contributed by atoms with E-state index in [9.17, 15) is 30.4 Å². The highest BCUT2D eigenvalue weighted by molar-refractivity contribution is 7.91. The van der Waals surface area contributed by atoms with E-state index in [1.54, 1.807) is 6.92 Å². The quantitative estimate of drug-likeness (QED) is 0.475. The lowest BCUT2D eigenvalue weighted by Gasteiger charge is -2.34. The molecule has 1 atom stereocenters. The molecule has 1 saturated heterocycles. The van der Waals surface area contributed by atoms with Crippen molar-refractivity contribution in [2.75, 3.05) is 29.1 Å². The fourth-order valence-electron chi connectivity index (χ4n) is 3.60. The standard InChI is InChI=1S/C20H21F6N3O2S/c1-12-5-2-3-9-29(12)19-16(22)17(15(21)18(23)28-19)32(30,31)10-8-27-14-7-4-6-13(11-14)20(24,25)26/h4,6-7,11-12,27H,2-3,5,8-10H2,1H3/t12-/m0/s1. The highest BCUT2D eigenvalue weighted by Gasteiger charge is 2.34. The molecule has 0 aliphatic carbocycles. The van der Waals surface area contributed by atoms with Gasteiger partial charge >= 0.3 is 6.18 Å². The van der Waals surface area contributed by atoms with Gasteiger partial charge in [0.2, 0.25) is 0 Å². The molecule has 0 spiro atoms. The van der Waals surface area contributed by atoms with E-state index < -0.39 is 62.2 Å². The van der Waals surface area contributed by atoms with Crippen molar-refractivity contribution in [3.63, 3.8) is 0 Å². The van der Waals surface area contributed by atoms with Crippen LogP contribution in [0.4, 0.5) is 37.8 Å². The van der Waals surface area contributed by atoms with Crippen molar-refractivity contribution in [2.24, 2.45) is 0 Å². The number of halogens is 6. The van der Waals surface area contributed by atoms with Gasteiger partial charge in [-0.05, 0) is 44.4 Å². The zero-order chi connectivity index (χ0) is 23.7. The van der Waals surface area contributed by atoms with Crippen LogP contribution in [0, 0.1) is 17.6 Å². The van der Waals surface area contributed by atoms with Crippen LogP contribution in [0.2, 0.25) is 0 Å². The minimum Gasteiger partial charge on any atom is -0.384 e. The topological polar surface area (TPSA) is 62.3 Å². The van der Waals surface area contributed by atoms with E-state index in [0.717, 1.165) is 24.6 Å². The van der Waals surface area contributed by atoms with Gasteiger partial charge < -0.3 is 10.2 Å². The van der Waals surface area contributed by atoms with Crippen molar-refractivity contribution in [1.29, 1.82) is 0 Å². The Hall–Kier alpha value is -2.50. The van der Waals surface area contributed by atoms with Crippen molar-refractivity contribution in [1.82, 2.24) is 4.98 Å². The Balaban J connectivity index is 1.84. The maximum atomic E-state index is 15.1. The molecule has 2 heterocycles. The van der Waals surface area contributed by atoms with Crippen LogP contribution in [0.1, 0.15) is 31.7 Å². The SMILES string of the molecule is C[C@H]1CCCCN1c1nc(F)c(F)c(S(=O)(=O)CCNc2cccc(C(F)(F)F)c2)c1F. The average molecular weight is 481 g/mol. The van der Waals surface area contributed by atoms with E-state index in [1.807, 2.05) is 0 Å². The van der Waals surface area contributed by atoms with E-state index in [4.69, 9.17) is 0 Å². The van der Waals surface area contributed by atoms with Gasteiger partial charge in [-0.15, -0.1) is 0 Å². The Morgan fingerprint density at radius 1 is 1.16 bits per heavy atom. The maximum Gasteiger partial charge on any atom is 0.416 e. The molecule has 0 unspecified atom stereocenters. The van der Waals surface area contributed by atoms with Gasteiger partial charge in [0.1, 0.15) is 4.90 Å². The molecule has 1 aromatic carbocycles. The summed E-state index contributed by atoms with van der Waals surface area (Å²) in [7, 11) is -4.67. The molecule has 32 heavy (non-hydrogen) atoms. The molecule has 1 aliphatic rings. The molecule has 0 bridgehead atoms. The van der Waals surface area contributed by atoms with E-state index in [0.29, 0.717) is 19.4 Å². The predicted molar refractivity (Wildman–Crippen MR) is 107 cm³/mol. The number of aromatic nitrogens is 1. The lowest BCUT2D eigenvalue weighted by molar-refractivity contribution is -0.137. The molecule has 2 aromatic rings. The van der Waals surface area contributed by atoms with E-state index in [-0.39, 0.29) is 11.7 Å². The van der Waals surface area contributed by atoms with Crippen molar-refractivity contribution >= 4 is 21.3 Å². The summed E-state index contributed by atoms with van der Waals surface area (Å²) in [6.45, 7) is 1.60. The number of rotatable bonds is 6. The van der Waals surface area contributed by atoms with Crippen LogP contribution in [0.25, 0.3) is 0 Å². The summed E-state index contributed by atoms with van der Waals surface area (Å²) in [4.78, 5) is 3.28. The van der Waals surface area contributed by atoms with Crippen LogP contribution < -0.4 is 10.2 Å². The van der Waals surface area contributed by atoms with E-state index in [2.05, 4.69) is 10.3 Å². The van der Waals surface area contributed by atoms with Gasteiger partial charge in [0.15, 0.2) is 27.3 Å². The van der Waals surface area contributed by atoms with Crippen molar-refractivity contribution in [3.05, 3.63) is 47.4 Å². The number of piperidine rings is 1. The number of anilines is 2. The molecule has 0 radical (unpaired) electrons. The average Bonchev–Trinajstić information content (AvgIpc) is 2.71. The second-order valence-corrected chi connectivity index (χ2v) is 9.59. The minimum atomic E-state index is -4.67.